The molecule has 1 aliphatic rings. The highest BCUT2D eigenvalue weighted by Gasteiger charge is 2.42. The predicted octanol–water partition coefficient (Wildman–Crippen LogP) is 4.44. The molecule has 0 amide bonds. The number of aldehydes is 1. The molecule has 0 bridgehead atoms. The summed E-state index contributed by atoms with van der Waals surface area (Å²) in [5.74, 6) is -0.226. The summed E-state index contributed by atoms with van der Waals surface area (Å²) in [6.45, 7) is 5.29. The summed E-state index contributed by atoms with van der Waals surface area (Å²) in [6, 6.07) is 3.81. The van der Waals surface area contributed by atoms with E-state index >= 15 is 0 Å². The lowest BCUT2D eigenvalue weighted by Gasteiger charge is -2.39. The molecule has 0 fully saturated rings. The molecular weight excluding hydrogens is 286 g/mol. The summed E-state index contributed by atoms with van der Waals surface area (Å²) < 4.78 is 39.5. The van der Waals surface area contributed by atoms with Crippen LogP contribution in [0.15, 0.2) is 12.1 Å². The summed E-state index contributed by atoms with van der Waals surface area (Å²) in [5, 5.41) is 0.673. The van der Waals surface area contributed by atoms with Crippen LogP contribution in [0.4, 0.5) is 0 Å². The van der Waals surface area contributed by atoms with E-state index < -0.39 is 18.5 Å². The number of carbonyl (C=O) groups is 1. The minimum Gasteiger partial charge on any atom is -0.368 e. The zero-order chi connectivity index (χ0) is 20.2. The van der Waals surface area contributed by atoms with Crippen molar-refractivity contribution in [3.8, 4) is 0 Å². The first-order valence-electron chi connectivity index (χ1n) is 10.3. The number of ether oxygens (including phenoxy) is 1. The molecule has 0 saturated carbocycles. The number of fused-ring (bicyclic) bond motifs is 3. The molecule has 0 unspecified atom stereocenters. The van der Waals surface area contributed by atoms with Gasteiger partial charge in [0, 0.05) is 20.1 Å². The van der Waals surface area contributed by atoms with E-state index in [1.54, 1.807) is 0 Å². The number of aryl methyl sites for hydroxylation is 3. The quantitative estimate of drug-likeness (QED) is 0.828. The molecular formula is C20H27NO2. The van der Waals surface area contributed by atoms with Crippen LogP contribution in [0.2, 0.25) is 0 Å². The molecule has 0 saturated heterocycles. The molecule has 1 aromatic heterocycles. The highest BCUT2D eigenvalue weighted by atomic mass is 16.5. The fraction of sp³-hybridized carbons (Fsp3) is 0.550. The molecule has 1 aromatic carbocycles. The molecule has 1 aliphatic heterocycles. The van der Waals surface area contributed by atoms with E-state index in [1.807, 2.05) is 32.9 Å². The van der Waals surface area contributed by atoms with Gasteiger partial charge in [-0.1, -0.05) is 39.3 Å². The minimum atomic E-state index is -2.56. The molecule has 0 radical (unpaired) electrons. The number of carbonyl (C=O) groups excluding carboxylic acids is 1. The van der Waals surface area contributed by atoms with Crippen molar-refractivity contribution in [2.45, 2.75) is 58.9 Å². The van der Waals surface area contributed by atoms with E-state index in [2.05, 4.69) is 11.9 Å². The van der Waals surface area contributed by atoms with Gasteiger partial charge >= 0.3 is 0 Å². The zero-order valence-corrected chi connectivity index (χ0v) is 14.2. The third-order valence-corrected chi connectivity index (χ3v) is 4.97. The van der Waals surface area contributed by atoms with Gasteiger partial charge in [-0.3, -0.25) is 0 Å². The van der Waals surface area contributed by atoms with Crippen LogP contribution in [0, 0.1) is 12.8 Å². The third kappa shape index (κ3) is 2.42. The van der Waals surface area contributed by atoms with Gasteiger partial charge < -0.3 is 14.5 Å². The maximum absolute atomic E-state index is 11.5. The van der Waals surface area contributed by atoms with E-state index in [1.165, 1.54) is 0 Å². The highest BCUT2D eigenvalue weighted by molar-refractivity contribution is 5.89. The van der Waals surface area contributed by atoms with Crippen molar-refractivity contribution in [3.05, 3.63) is 34.5 Å². The van der Waals surface area contributed by atoms with Crippen LogP contribution in [0.3, 0.4) is 0 Å². The van der Waals surface area contributed by atoms with Crippen LogP contribution in [-0.4, -0.2) is 17.8 Å². The number of benzene rings is 1. The van der Waals surface area contributed by atoms with Crippen molar-refractivity contribution in [3.63, 3.8) is 0 Å². The lowest BCUT2D eigenvalue weighted by atomic mass is 9.80. The Labute approximate surface area is 144 Å². The predicted molar refractivity (Wildman–Crippen MR) is 93.9 cm³/mol. The second-order valence-electron chi connectivity index (χ2n) is 6.65. The van der Waals surface area contributed by atoms with Crippen molar-refractivity contribution in [2.75, 3.05) is 6.56 Å². The average Bonchev–Trinajstić information content (AvgIpc) is 2.96. The summed E-state index contributed by atoms with van der Waals surface area (Å²) in [7, 11) is 0. The van der Waals surface area contributed by atoms with Crippen LogP contribution >= 0.6 is 0 Å². The summed E-state index contributed by atoms with van der Waals surface area (Å²) in [4.78, 5) is 14.9. The summed E-state index contributed by atoms with van der Waals surface area (Å²) in [5.41, 5.74) is 2.57. The third-order valence-electron chi connectivity index (χ3n) is 4.97. The van der Waals surface area contributed by atoms with Gasteiger partial charge in [0.15, 0.2) is 0 Å². The SMILES string of the molecule is [2H]C1([2H])O[C@@](CC=O)(C(C)C)c2[nH]c3c(CCC)c(C)ccc3c2C1([2H])[2H]. The molecule has 0 spiro atoms. The molecule has 2 heterocycles. The molecule has 0 aliphatic carbocycles. The minimum absolute atomic E-state index is 0.0395. The van der Waals surface area contributed by atoms with E-state index in [0.29, 0.717) is 11.1 Å². The number of aromatic nitrogens is 1. The van der Waals surface area contributed by atoms with Crippen LogP contribution < -0.4 is 0 Å². The van der Waals surface area contributed by atoms with Crippen molar-refractivity contribution < 1.29 is 15.0 Å². The molecule has 1 atom stereocenters. The Morgan fingerprint density at radius 3 is 2.91 bits per heavy atom. The fourth-order valence-corrected chi connectivity index (χ4v) is 3.57. The largest absolute Gasteiger partial charge is 0.368 e. The Balaban J connectivity index is 2.47. The van der Waals surface area contributed by atoms with Crippen LogP contribution in [-0.2, 0) is 27.9 Å². The van der Waals surface area contributed by atoms with Gasteiger partial charge in [-0.05, 0) is 42.3 Å². The molecule has 1 N–H and O–H groups in total. The lowest BCUT2D eigenvalue weighted by molar-refractivity contribution is -0.127. The second-order valence-corrected chi connectivity index (χ2v) is 6.65. The Morgan fingerprint density at radius 2 is 2.26 bits per heavy atom. The Bertz CT molecular complexity index is 888. The summed E-state index contributed by atoms with van der Waals surface area (Å²) in [6.07, 6.45) is 0.117. The van der Waals surface area contributed by atoms with Crippen molar-refractivity contribution in [1.82, 2.24) is 4.98 Å². The highest BCUT2D eigenvalue weighted by Crippen LogP contribution is 2.44. The smallest absolute Gasteiger partial charge is 0.123 e. The second kappa shape index (κ2) is 6.12. The monoisotopic (exact) mass is 317 g/mol. The number of aromatic amines is 1. The fourth-order valence-electron chi connectivity index (χ4n) is 3.57. The van der Waals surface area contributed by atoms with E-state index in [0.717, 1.165) is 35.8 Å². The Morgan fingerprint density at radius 1 is 1.48 bits per heavy atom. The van der Waals surface area contributed by atoms with Crippen LogP contribution in [0.1, 0.15) is 61.5 Å². The maximum atomic E-state index is 11.5. The number of hydrogen-bond acceptors (Lipinski definition) is 2. The van der Waals surface area contributed by atoms with Crippen molar-refractivity contribution in [2.24, 2.45) is 5.92 Å². The van der Waals surface area contributed by atoms with Crippen molar-refractivity contribution in [1.29, 1.82) is 0 Å². The first kappa shape index (κ1) is 11.9. The molecule has 3 nitrogen and oxygen atoms in total. The van der Waals surface area contributed by atoms with Gasteiger partial charge in [-0.25, -0.2) is 0 Å². The van der Waals surface area contributed by atoms with Gasteiger partial charge in [-0.2, -0.15) is 0 Å². The lowest BCUT2D eigenvalue weighted by Crippen LogP contribution is -2.40. The molecule has 124 valence electrons. The van der Waals surface area contributed by atoms with Gasteiger partial charge in [0.05, 0.1) is 15.0 Å². The topological polar surface area (TPSA) is 42.1 Å². The van der Waals surface area contributed by atoms with Gasteiger partial charge in [0.2, 0.25) is 0 Å². The summed E-state index contributed by atoms with van der Waals surface area (Å²) >= 11 is 0. The van der Waals surface area contributed by atoms with Gasteiger partial charge in [-0.15, -0.1) is 0 Å². The number of hydrogen-bond donors (Lipinski definition) is 1. The van der Waals surface area contributed by atoms with E-state index in [4.69, 9.17) is 10.2 Å². The van der Waals surface area contributed by atoms with Crippen LogP contribution in [0.25, 0.3) is 10.9 Å². The van der Waals surface area contributed by atoms with Gasteiger partial charge in [0.1, 0.15) is 11.9 Å². The first-order chi connectivity index (χ1) is 12.5. The van der Waals surface area contributed by atoms with E-state index in [-0.39, 0.29) is 17.9 Å². The molecule has 23 heavy (non-hydrogen) atoms. The van der Waals surface area contributed by atoms with E-state index in [9.17, 15) is 4.79 Å². The number of nitrogens with one attached hydrogen (secondary N) is 1. The molecule has 3 rings (SSSR count). The van der Waals surface area contributed by atoms with Gasteiger partial charge in [0.25, 0.3) is 0 Å². The zero-order valence-electron chi connectivity index (χ0n) is 18.2. The van der Waals surface area contributed by atoms with Crippen LogP contribution in [0.5, 0.6) is 0 Å². The molecule has 3 heteroatoms. The van der Waals surface area contributed by atoms with Crippen molar-refractivity contribution >= 4 is 17.2 Å². The number of rotatable bonds is 5. The standard InChI is InChI=1S/C20H27NO2/c1-5-6-15-14(4)7-8-16-17-9-12-23-20(10-11-22,13(2)3)19(17)21-18(15)16/h7-8,11,13,21H,5-6,9-10,12H2,1-4H3/t20-/m0/s1/i9D2,12D2. The maximum Gasteiger partial charge on any atom is 0.123 e. The Hall–Kier alpha value is -1.61. The normalized spacial score (nSPS) is 27.9. The Kier molecular flexibility index (Phi) is 3.15. The molecule has 2 aromatic rings. The average molecular weight is 317 g/mol. The number of H-pyrrole nitrogens is 1. The first-order valence-corrected chi connectivity index (χ1v) is 8.32.